The summed E-state index contributed by atoms with van der Waals surface area (Å²) < 4.78 is 31.2. The average molecular weight is 250 g/mol. The van der Waals surface area contributed by atoms with Gasteiger partial charge < -0.3 is 10.1 Å². The zero-order valence-electron chi connectivity index (χ0n) is 9.87. The van der Waals surface area contributed by atoms with Crippen LogP contribution < -0.4 is 10.0 Å². The van der Waals surface area contributed by atoms with Gasteiger partial charge in [0.2, 0.25) is 10.0 Å². The highest BCUT2D eigenvalue weighted by molar-refractivity contribution is 7.89. The second-order valence-electron chi connectivity index (χ2n) is 4.11. The highest BCUT2D eigenvalue weighted by atomic mass is 32.2. The van der Waals surface area contributed by atoms with Gasteiger partial charge in [-0.1, -0.05) is 0 Å². The molecule has 0 aromatic heterocycles. The maximum absolute atomic E-state index is 11.6. The smallest absolute Gasteiger partial charge is 0.211 e. The van der Waals surface area contributed by atoms with E-state index in [9.17, 15) is 8.42 Å². The fourth-order valence-electron chi connectivity index (χ4n) is 1.70. The average Bonchev–Trinajstić information content (AvgIpc) is 2.28. The first kappa shape index (κ1) is 13.9. The van der Waals surface area contributed by atoms with Gasteiger partial charge in [0.15, 0.2) is 0 Å². The monoisotopic (exact) mass is 250 g/mol. The molecule has 0 radical (unpaired) electrons. The molecular formula is C10H22N2O3S. The minimum atomic E-state index is -3.12. The molecule has 0 aromatic rings. The van der Waals surface area contributed by atoms with Crippen molar-refractivity contribution in [2.24, 2.45) is 0 Å². The van der Waals surface area contributed by atoms with Gasteiger partial charge in [0.25, 0.3) is 0 Å². The van der Waals surface area contributed by atoms with Gasteiger partial charge in [-0.25, -0.2) is 13.1 Å². The first-order chi connectivity index (χ1) is 7.64. The van der Waals surface area contributed by atoms with Crippen LogP contribution in [-0.4, -0.2) is 47.0 Å². The van der Waals surface area contributed by atoms with Crippen molar-refractivity contribution in [3.8, 4) is 0 Å². The van der Waals surface area contributed by atoms with Gasteiger partial charge in [-0.2, -0.15) is 0 Å². The molecule has 1 unspecified atom stereocenters. The lowest BCUT2D eigenvalue weighted by Crippen LogP contribution is -2.37. The van der Waals surface area contributed by atoms with Crippen molar-refractivity contribution in [3.63, 3.8) is 0 Å². The van der Waals surface area contributed by atoms with Crippen LogP contribution in [0.5, 0.6) is 0 Å². The van der Waals surface area contributed by atoms with Gasteiger partial charge in [0.05, 0.1) is 11.9 Å². The number of rotatable bonds is 7. The Kier molecular flexibility index (Phi) is 6.26. The normalized spacial score (nSPS) is 22.2. The predicted octanol–water partition coefficient (Wildman–Crippen LogP) is 0.0844. The first-order valence-electron chi connectivity index (χ1n) is 5.87. The largest absolute Gasteiger partial charge is 0.377 e. The molecule has 1 aliphatic rings. The van der Waals surface area contributed by atoms with Crippen molar-refractivity contribution in [3.05, 3.63) is 0 Å². The SMILES string of the molecule is CNCCCS(=O)(=O)NCC1CCCCO1. The van der Waals surface area contributed by atoms with Crippen molar-refractivity contribution in [2.75, 3.05) is 32.5 Å². The molecule has 0 bridgehead atoms. The van der Waals surface area contributed by atoms with Crippen LogP contribution >= 0.6 is 0 Å². The van der Waals surface area contributed by atoms with Gasteiger partial charge in [0.1, 0.15) is 0 Å². The van der Waals surface area contributed by atoms with Crippen LogP contribution in [0.2, 0.25) is 0 Å². The molecule has 0 saturated carbocycles. The Morgan fingerprint density at radius 2 is 2.19 bits per heavy atom. The number of nitrogens with one attached hydrogen (secondary N) is 2. The summed E-state index contributed by atoms with van der Waals surface area (Å²) in [6.07, 6.45) is 3.88. The van der Waals surface area contributed by atoms with Crippen LogP contribution in [0.4, 0.5) is 0 Å². The summed E-state index contributed by atoms with van der Waals surface area (Å²) in [5.74, 6) is 0.181. The number of sulfonamides is 1. The standard InChI is InChI=1S/C10H22N2O3S/c1-11-6-4-8-16(13,14)12-9-10-5-2-3-7-15-10/h10-12H,2-9H2,1H3. The summed E-state index contributed by atoms with van der Waals surface area (Å²) in [7, 11) is -1.31. The molecule has 1 rings (SSSR count). The van der Waals surface area contributed by atoms with E-state index in [4.69, 9.17) is 4.74 Å². The van der Waals surface area contributed by atoms with Crippen molar-refractivity contribution < 1.29 is 13.2 Å². The van der Waals surface area contributed by atoms with Crippen LogP contribution in [0.25, 0.3) is 0 Å². The summed E-state index contributed by atoms with van der Waals surface area (Å²) in [5.41, 5.74) is 0. The summed E-state index contributed by atoms with van der Waals surface area (Å²) in [5, 5.41) is 2.93. The van der Waals surface area contributed by atoms with E-state index in [0.717, 1.165) is 32.4 Å². The number of hydrogen-bond donors (Lipinski definition) is 2. The molecule has 0 spiro atoms. The quantitative estimate of drug-likeness (QED) is 0.628. The van der Waals surface area contributed by atoms with Crippen molar-refractivity contribution in [1.82, 2.24) is 10.0 Å². The maximum Gasteiger partial charge on any atom is 0.211 e. The number of ether oxygens (including phenoxy) is 1. The van der Waals surface area contributed by atoms with E-state index in [2.05, 4.69) is 10.0 Å². The number of hydrogen-bond acceptors (Lipinski definition) is 4. The minimum absolute atomic E-state index is 0.0628. The zero-order valence-corrected chi connectivity index (χ0v) is 10.7. The second-order valence-corrected chi connectivity index (χ2v) is 6.04. The minimum Gasteiger partial charge on any atom is -0.377 e. The molecule has 6 heteroatoms. The molecule has 1 atom stereocenters. The fourth-order valence-corrected chi connectivity index (χ4v) is 2.81. The first-order valence-corrected chi connectivity index (χ1v) is 7.53. The summed E-state index contributed by atoms with van der Waals surface area (Å²) >= 11 is 0. The van der Waals surface area contributed by atoms with Crippen LogP contribution in [-0.2, 0) is 14.8 Å². The van der Waals surface area contributed by atoms with E-state index in [1.807, 2.05) is 7.05 Å². The Labute approximate surface area is 98.0 Å². The predicted molar refractivity (Wildman–Crippen MR) is 63.9 cm³/mol. The molecule has 0 amide bonds. The fraction of sp³-hybridized carbons (Fsp3) is 1.00. The molecule has 1 fully saturated rings. The van der Waals surface area contributed by atoms with Gasteiger partial charge in [0, 0.05) is 13.2 Å². The Morgan fingerprint density at radius 1 is 1.38 bits per heavy atom. The van der Waals surface area contributed by atoms with Gasteiger partial charge in [-0.3, -0.25) is 0 Å². The van der Waals surface area contributed by atoms with Crippen LogP contribution in [0.3, 0.4) is 0 Å². The van der Waals surface area contributed by atoms with E-state index in [0.29, 0.717) is 13.0 Å². The Morgan fingerprint density at radius 3 is 2.81 bits per heavy atom. The second kappa shape index (κ2) is 7.21. The van der Waals surface area contributed by atoms with Crippen molar-refractivity contribution in [2.45, 2.75) is 31.8 Å². The third kappa shape index (κ3) is 5.79. The third-order valence-corrected chi connectivity index (χ3v) is 4.08. The van der Waals surface area contributed by atoms with E-state index < -0.39 is 10.0 Å². The lowest BCUT2D eigenvalue weighted by molar-refractivity contribution is 0.0200. The molecule has 0 aliphatic carbocycles. The van der Waals surface area contributed by atoms with Crippen molar-refractivity contribution >= 4 is 10.0 Å². The van der Waals surface area contributed by atoms with E-state index in [1.54, 1.807) is 0 Å². The molecular weight excluding hydrogens is 228 g/mol. The lowest BCUT2D eigenvalue weighted by Gasteiger charge is -2.22. The summed E-state index contributed by atoms with van der Waals surface area (Å²) in [6.45, 7) is 1.90. The topological polar surface area (TPSA) is 67.4 Å². The maximum atomic E-state index is 11.6. The Balaban J connectivity index is 2.18. The molecule has 1 aliphatic heterocycles. The molecule has 16 heavy (non-hydrogen) atoms. The molecule has 1 heterocycles. The van der Waals surface area contributed by atoms with Gasteiger partial charge >= 0.3 is 0 Å². The Hall–Kier alpha value is -0.170. The van der Waals surface area contributed by atoms with Crippen molar-refractivity contribution in [1.29, 1.82) is 0 Å². The van der Waals surface area contributed by atoms with E-state index >= 15 is 0 Å². The molecule has 2 N–H and O–H groups in total. The van der Waals surface area contributed by atoms with Gasteiger partial charge in [-0.05, 0) is 39.3 Å². The highest BCUT2D eigenvalue weighted by Crippen LogP contribution is 2.11. The summed E-state index contributed by atoms with van der Waals surface area (Å²) in [4.78, 5) is 0. The molecule has 1 saturated heterocycles. The highest BCUT2D eigenvalue weighted by Gasteiger charge is 2.17. The van der Waals surface area contributed by atoms with E-state index in [1.165, 1.54) is 0 Å². The molecule has 96 valence electrons. The van der Waals surface area contributed by atoms with Crippen LogP contribution in [0, 0.1) is 0 Å². The van der Waals surface area contributed by atoms with Crippen LogP contribution in [0.15, 0.2) is 0 Å². The van der Waals surface area contributed by atoms with E-state index in [-0.39, 0.29) is 11.9 Å². The molecule has 5 nitrogen and oxygen atoms in total. The summed E-state index contributed by atoms with van der Waals surface area (Å²) in [6, 6.07) is 0. The zero-order chi connectivity index (χ0) is 11.9. The lowest BCUT2D eigenvalue weighted by atomic mass is 10.1. The Bertz CT molecular complexity index is 274. The van der Waals surface area contributed by atoms with Gasteiger partial charge in [-0.15, -0.1) is 0 Å². The molecule has 0 aromatic carbocycles. The third-order valence-electron chi connectivity index (χ3n) is 2.64. The van der Waals surface area contributed by atoms with Crippen LogP contribution in [0.1, 0.15) is 25.7 Å².